The van der Waals surface area contributed by atoms with Crippen LogP contribution in [-0.2, 0) is 19.6 Å². The zero-order chi connectivity index (χ0) is 17.9. The minimum Gasteiger partial charge on any atom is -0.497 e. The maximum atomic E-state index is 12.6. The summed E-state index contributed by atoms with van der Waals surface area (Å²) in [6.07, 6.45) is 1.53. The molecule has 0 atom stereocenters. The number of rotatable bonds is 5. The van der Waals surface area contributed by atoms with E-state index in [9.17, 15) is 4.79 Å². The highest BCUT2D eigenvalue weighted by atomic mass is 16.5. The molecule has 1 amide bonds. The van der Waals surface area contributed by atoms with Gasteiger partial charge in [-0.3, -0.25) is 14.6 Å². The molecule has 0 saturated heterocycles. The van der Waals surface area contributed by atoms with Crippen LogP contribution in [0.15, 0.2) is 36.5 Å². The Kier molecular flexibility index (Phi) is 4.40. The first-order valence-electron chi connectivity index (χ1n) is 8.47. The van der Waals surface area contributed by atoms with Crippen molar-refractivity contribution in [3.05, 3.63) is 53.5 Å². The van der Waals surface area contributed by atoms with E-state index in [2.05, 4.69) is 25.9 Å². The Balaban J connectivity index is 1.49. The number of carbonyl (C=O) groups is 1. The van der Waals surface area contributed by atoms with Crippen LogP contribution in [0, 0.1) is 0 Å². The summed E-state index contributed by atoms with van der Waals surface area (Å²) in [5.41, 5.74) is 3.98. The van der Waals surface area contributed by atoms with E-state index in [0.29, 0.717) is 17.8 Å². The molecule has 0 saturated carbocycles. The molecule has 26 heavy (non-hydrogen) atoms. The molecule has 1 aliphatic heterocycles. The van der Waals surface area contributed by atoms with Crippen molar-refractivity contribution in [3.63, 3.8) is 0 Å². The molecule has 0 aliphatic carbocycles. The first kappa shape index (κ1) is 16.3. The second-order valence-corrected chi connectivity index (χ2v) is 6.10. The quantitative estimate of drug-likeness (QED) is 0.643. The number of aromatic amines is 1. The van der Waals surface area contributed by atoms with Crippen LogP contribution in [0.1, 0.15) is 21.7 Å². The number of hydrogen-bond acceptors (Lipinski definition) is 5. The van der Waals surface area contributed by atoms with Crippen molar-refractivity contribution in [3.8, 4) is 17.0 Å². The fourth-order valence-corrected chi connectivity index (χ4v) is 3.06. The minimum atomic E-state index is -0.194. The third-order valence-electron chi connectivity index (χ3n) is 4.39. The summed E-state index contributed by atoms with van der Waals surface area (Å²) in [5.74, 6) is 0.529. The molecule has 0 unspecified atom stereocenters. The molecule has 3 aromatic rings. The van der Waals surface area contributed by atoms with Crippen molar-refractivity contribution in [2.45, 2.75) is 19.6 Å². The van der Waals surface area contributed by atoms with Crippen molar-refractivity contribution in [1.29, 1.82) is 0 Å². The van der Waals surface area contributed by atoms with Gasteiger partial charge in [0, 0.05) is 18.7 Å². The smallest absolute Gasteiger partial charge is 0.255 e. The first-order valence-corrected chi connectivity index (χ1v) is 8.47. The number of ether oxygens (including phenoxy) is 1. The van der Waals surface area contributed by atoms with E-state index in [0.717, 1.165) is 42.3 Å². The number of H-pyrrole nitrogens is 1. The third kappa shape index (κ3) is 3.18. The highest BCUT2D eigenvalue weighted by molar-refractivity contribution is 5.99. The largest absolute Gasteiger partial charge is 0.497 e. The standard InChI is InChI=1S/C18H20N6O2/c1-26-15-4-2-3-12(7-15)17-16(11-21-22-17)18(25)20-9-13-8-14-10-19-5-6-24(14)23-13/h2-4,7-8,11,19H,5-6,9-10H2,1H3,(H,20,25)(H,21,22). The van der Waals surface area contributed by atoms with Crippen LogP contribution >= 0.6 is 0 Å². The molecule has 3 N–H and O–H groups in total. The number of methoxy groups -OCH3 is 1. The van der Waals surface area contributed by atoms with Gasteiger partial charge in [0.15, 0.2) is 0 Å². The molecule has 134 valence electrons. The number of amides is 1. The lowest BCUT2D eigenvalue weighted by Gasteiger charge is -2.13. The van der Waals surface area contributed by atoms with Gasteiger partial charge in [0.25, 0.3) is 5.91 Å². The van der Waals surface area contributed by atoms with E-state index >= 15 is 0 Å². The van der Waals surface area contributed by atoms with E-state index < -0.39 is 0 Å². The summed E-state index contributed by atoms with van der Waals surface area (Å²) in [5, 5.41) is 17.7. The molecule has 0 spiro atoms. The molecular formula is C18H20N6O2. The lowest BCUT2D eigenvalue weighted by atomic mass is 10.1. The normalized spacial score (nSPS) is 13.3. The van der Waals surface area contributed by atoms with Gasteiger partial charge in [-0.25, -0.2) is 0 Å². The molecule has 1 aromatic carbocycles. The lowest BCUT2D eigenvalue weighted by molar-refractivity contribution is 0.0951. The summed E-state index contributed by atoms with van der Waals surface area (Å²) in [7, 11) is 1.61. The summed E-state index contributed by atoms with van der Waals surface area (Å²) in [6.45, 7) is 2.95. The van der Waals surface area contributed by atoms with Gasteiger partial charge >= 0.3 is 0 Å². The number of hydrogen-bond donors (Lipinski definition) is 3. The first-order chi connectivity index (χ1) is 12.7. The Morgan fingerprint density at radius 2 is 2.31 bits per heavy atom. The average Bonchev–Trinajstić information content (AvgIpc) is 3.32. The van der Waals surface area contributed by atoms with Crippen LogP contribution < -0.4 is 15.4 Å². The van der Waals surface area contributed by atoms with Crippen molar-refractivity contribution in [2.24, 2.45) is 0 Å². The van der Waals surface area contributed by atoms with Gasteiger partial charge in [-0.2, -0.15) is 10.2 Å². The van der Waals surface area contributed by atoms with Gasteiger partial charge < -0.3 is 15.4 Å². The molecule has 8 heteroatoms. The molecule has 4 rings (SSSR count). The van der Waals surface area contributed by atoms with Gasteiger partial charge in [-0.15, -0.1) is 0 Å². The predicted molar refractivity (Wildman–Crippen MR) is 95.7 cm³/mol. The number of aromatic nitrogens is 4. The highest BCUT2D eigenvalue weighted by Gasteiger charge is 2.17. The van der Waals surface area contributed by atoms with Crippen LogP contribution in [0.25, 0.3) is 11.3 Å². The molecule has 1 aliphatic rings. The Bertz CT molecular complexity index is 906. The molecule has 8 nitrogen and oxygen atoms in total. The summed E-state index contributed by atoms with van der Waals surface area (Å²) in [4.78, 5) is 12.6. The number of nitrogens with one attached hydrogen (secondary N) is 3. The zero-order valence-electron chi connectivity index (χ0n) is 14.5. The van der Waals surface area contributed by atoms with Crippen molar-refractivity contribution < 1.29 is 9.53 Å². The van der Waals surface area contributed by atoms with E-state index in [-0.39, 0.29) is 5.91 Å². The minimum absolute atomic E-state index is 0.194. The zero-order valence-corrected chi connectivity index (χ0v) is 14.5. The number of fused-ring (bicyclic) bond motifs is 1. The monoisotopic (exact) mass is 352 g/mol. The highest BCUT2D eigenvalue weighted by Crippen LogP contribution is 2.25. The van der Waals surface area contributed by atoms with Crippen molar-refractivity contribution in [1.82, 2.24) is 30.6 Å². The van der Waals surface area contributed by atoms with Gasteiger partial charge in [-0.1, -0.05) is 12.1 Å². The van der Waals surface area contributed by atoms with Crippen LogP contribution in [0.2, 0.25) is 0 Å². The molecule has 0 bridgehead atoms. The molecule has 0 radical (unpaired) electrons. The van der Waals surface area contributed by atoms with Gasteiger partial charge in [0.05, 0.1) is 49.0 Å². The second-order valence-electron chi connectivity index (χ2n) is 6.10. The maximum Gasteiger partial charge on any atom is 0.255 e. The maximum absolute atomic E-state index is 12.6. The van der Waals surface area contributed by atoms with Crippen molar-refractivity contribution in [2.75, 3.05) is 13.7 Å². The van der Waals surface area contributed by atoms with Crippen LogP contribution in [0.5, 0.6) is 5.75 Å². The Hall–Kier alpha value is -3.13. The van der Waals surface area contributed by atoms with E-state index in [4.69, 9.17) is 4.74 Å². The molecular weight excluding hydrogens is 332 g/mol. The van der Waals surface area contributed by atoms with Crippen LogP contribution in [-0.4, -0.2) is 39.5 Å². The lowest BCUT2D eigenvalue weighted by Crippen LogP contribution is -2.28. The summed E-state index contributed by atoms with van der Waals surface area (Å²) < 4.78 is 7.23. The fraction of sp³-hybridized carbons (Fsp3) is 0.278. The van der Waals surface area contributed by atoms with Gasteiger partial charge in [0.2, 0.25) is 0 Å². The fourth-order valence-electron chi connectivity index (χ4n) is 3.06. The van der Waals surface area contributed by atoms with E-state index in [1.165, 1.54) is 6.20 Å². The topological polar surface area (TPSA) is 96.9 Å². The van der Waals surface area contributed by atoms with Gasteiger partial charge in [0.1, 0.15) is 5.75 Å². The predicted octanol–water partition coefficient (Wildman–Crippen LogP) is 1.31. The van der Waals surface area contributed by atoms with Gasteiger partial charge in [-0.05, 0) is 18.2 Å². The average molecular weight is 352 g/mol. The Labute approximate surface area is 150 Å². The summed E-state index contributed by atoms with van der Waals surface area (Å²) >= 11 is 0. The molecule has 2 aromatic heterocycles. The third-order valence-corrected chi connectivity index (χ3v) is 4.39. The summed E-state index contributed by atoms with van der Waals surface area (Å²) in [6, 6.07) is 9.52. The van der Waals surface area contributed by atoms with E-state index in [1.807, 2.05) is 35.0 Å². The number of benzene rings is 1. The molecule has 3 heterocycles. The molecule has 0 fully saturated rings. The number of nitrogens with zero attached hydrogens (tertiary/aromatic N) is 3. The SMILES string of the molecule is COc1cccc(-c2[nH]ncc2C(=O)NCc2cc3n(n2)CCNC3)c1. The number of carbonyl (C=O) groups excluding carboxylic acids is 1. The van der Waals surface area contributed by atoms with Crippen LogP contribution in [0.3, 0.4) is 0 Å². The Morgan fingerprint density at radius 3 is 3.15 bits per heavy atom. The second kappa shape index (κ2) is 7.01. The van der Waals surface area contributed by atoms with E-state index in [1.54, 1.807) is 7.11 Å². The van der Waals surface area contributed by atoms with Crippen LogP contribution in [0.4, 0.5) is 0 Å². The Morgan fingerprint density at radius 1 is 1.38 bits per heavy atom. The van der Waals surface area contributed by atoms with Crippen molar-refractivity contribution >= 4 is 5.91 Å².